The van der Waals surface area contributed by atoms with Gasteiger partial charge in [0.15, 0.2) is 0 Å². The molecule has 2 rings (SSSR count). The van der Waals surface area contributed by atoms with E-state index in [0.717, 1.165) is 31.5 Å². The summed E-state index contributed by atoms with van der Waals surface area (Å²) in [5, 5.41) is 9.39. The highest BCUT2D eigenvalue weighted by molar-refractivity contribution is 5.25. The van der Waals surface area contributed by atoms with E-state index in [1.807, 2.05) is 6.07 Å². The lowest BCUT2D eigenvalue weighted by atomic mass is 9.99. The Kier molecular flexibility index (Phi) is 5.52. The van der Waals surface area contributed by atoms with Crippen molar-refractivity contribution in [2.45, 2.75) is 44.7 Å². The first-order chi connectivity index (χ1) is 9.61. The molecule has 3 N–H and O–H groups in total. The van der Waals surface area contributed by atoms with Crippen LogP contribution in [0.15, 0.2) is 18.2 Å². The zero-order valence-corrected chi connectivity index (χ0v) is 12.2. The van der Waals surface area contributed by atoms with Gasteiger partial charge >= 0.3 is 0 Å². The van der Waals surface area contributed by atoms with E-state index in [4.69, 9.17) is 5.73 Å². The fraction of sp³-hybridized carbons (Fsp3) is 0.625. The topological polar surface area (TPSA) is 49.5 Å². The van der Waals surface area contributed by atoms with E-state index < -0.39 is 0 Å². The van der Waals surface area contributed by atoms with Crippen LogP contribution < -0.4 is 5.73 Å². The van der Waals surface area contributed by atoms with Gasteiger partial charge in [0.05, 0.1) is 6.61 Å². The summed E-state index contributed by atoms with van der Waals surface area (Å²) in [6.45, 7) is 3.86. The van der Waals surface area contributed by atoms with E-state index in [-0.39, 0.29) is 24.5 Å². The van der Waals surface area contributed by atoms with E-state index in [1.54, 1.807) is 19.1 Å². The molecule has 112 valence electrons. The molecule has 20 heavy (non-hydrogen) atoms. The third-order valence-corrected chi connectivity index (χ3v) is 4.31. The van der Waals surface area contributed by atoms with Crippen LogP contribution in [0.25, 0.3) is 0 Å². The molecule has 2 atom stereocenters. The van der Waals surface area contributed by atoms with Gasteiger partial charge < -0.3 is 10.8 Å². The number of halogens is 1. The van der Waals surface area contributed by atoms with Crippen molar-refractivity contribution in [3.8, 4) is 0 Å². The molecule has 0 spiro atoms. The van der Waals surface area contributed by atoms with Crippen LogP contribution in [0.4, 0.5) is 4.39 Å². The number of piperidine rings is 1. The summed E-state index contributed by atoms with van der Waals surface area (Å²) in [6, 6.07) is 5.35. The zero-order chi connectivity index (χ0) is 14.5. The average molecular weight is 280 g/mol. The minimum absolute atomic E-state index is 0.147. The van der Waals surface area contributed by atoms with Gasteiger partial charge in [-0.25, -0.2) is 4.39 Å². The number of benzene rings is 1. The lowest BCUT2D eigenvalue weighted by molar-refractivity contribution is 0.0875. The normalized spacial score (nSPS) is 21.9. The molecule has 1 aromatic carbocycles. The Labute approximate surface area is 120 Å². The molecule has 0 aliphatic carbocycles. The Hall–Kier alpha value is -0.970. The van der Waals surface area contributed by atoms with Crippen LogP contribution in [0, 0.1) is 12.7 Å². The quantitative estimate of drug-likeness (QED) is 0.870. The van der Waals surface area contributed by atoms with Gasteiger partial charge in [0.25, 0.3) is 0 Å². The van der Waals surface area contributed by atoms with Gasteiger partial charge in [0, 0.05) is 18.6 Å². The number of hydrogen-bond acceptors (Lipinski definition) is 3. The second-order valence-corrected chi connectivity index (χ2v) is 5.77. The van der Waals surface area contributed by atoms with Crippen molar-refractivity contribution in [1.29, 1.82) is 0 Å². The van der Waals surface area contributed by atoms with Crippen LogP contribution in [0.3, 0.4) is 0 Å². The van der Waals surface area contributed by atoms with E-state index in [2.05, 4.69) is 4.90 Å². The standard InChI is InChI=1S/C16H25FN2O/c1-12-5-6-13(10-15(12)17)16(18)7-9-19-8-3-2-4-14(19)11-20/h5-6,10,14,16,20H,2-4,7-9,11,18H2,1H3. The second-order valence-electron chi connectivity index (χ2n) is 5.77. The predicted molar refractivity (Wildman–Crippen MR) is 79.0 cm³/mol. The molecule has 0 aromatic heterocycles. The smallest absolute Gasteiger partial charge is 0.126 e. The average Bonchev–Trinajstić information content (AvgIpc) is 2.47. The molecule has 0 amide bonds. The Balaban J connectivity index is 1.90. The predicted octanol–water partition coefficient (Wildman–Crippen LogP) is 2.37. The number of hydrogen-bond donors (Lipinski definition) is 2. The Morgan fingerprint density at radius 1 is 1.45 bits per heavy atom. The monoisotopic (exact) mass is 280 g/mol. The van der Waals surface area contributed by atoms with Gasteiger partial charge in [-0.1, -0.05) is 18.6 Å². The van der Waals surface area contributed by atoms with E-state index in [0.29, 0.717) is 5.56 Å². The molecule has 1 aliphatic rings. The molecule has 2 unspecified atom stereocenters. The molecule has 1 aromatic rings. The highest BCUT2D eigenvalue weighted by Crippen LogP contribution is 2.21. The maximum atomic E-state index is 13.6. The fourth-order valence-electron chi connectivity index (χ4n) is 2.87. The van der Waals surface area contributed by atoms with Crippen molar-refractivity contribution in [2.75, 3.05) is 19.7 Å². The van der Waals surface area contributed by atoms with E-state index in [1.165, 1.54) is 12.8 Å². The first kappa shape index (κ1) is 15.4. The van der Waals surface area contributed by atoms with Crippen molar-refractivity contribution in [3.05, 3.63) is 35.1 Å². The molecule has 4 heteroatoms. The maximum Gasteiger partial charge on any atom is 0.126 e. The first-order valence-electron chi connectivity index (χ1n) is 7.48. The molecule has 1 aliphatic heterocycles. The minimum Gasteiger partial charge on any atom is -0.395 e. The molecule has 1 saturated heterocycles. The summed E-state index contributed by atoms with van der Waals surface area (Å²) < 4.78 is 13.6. The van der Waals surface area contributed by atoms with Crippen molar-refractivity contribution >= 4 is 0 Å². The van der Waals surface area contributed by atoms with E-state index >= 15 is 0 Å². The van der Waals surface area contributed by atoms with E-state index in [9.17, 15) is 9.50 Å². The van der Waals surface area contributed by atoms with Crippen molar-refractivity contribution in [1.82, 2.24) is 4.90 Å². The van der Waals surface area contributed by atoms with Gasteiger partial charge in [0.1, 0.15) is 5.82 Å². The van der Waals surface area contributed by atoms with Crippen LogP contribution in [0.2, 0.25) is 0 Å². The van der Waals surface area contributed by atoms with Crippen molar-refractivity contribution in [3.63, 3.8) is 0 Å². The second kappa shape index (κ2) is 7.16. The molecule has 1 heterocycles. The molecule has 0 saturated carbocycles. The summed E-state index contributed by atoms with van der Waals surface area (Å²) in [6.07, 6.45) is 4.23. The summed E-state index contributed by atoms with van der Waals surface area (Å²) in [7, 11) is 0. The van der Waals surface area contributed by atoms with Gasteiger partial charge in [-0.2, -0.15) is 0 Å². The summed E-state index contributed by atoms with van der Waals surface area (Å²) in [4.78, 5) is 2.31. The summed E-state index contributed by atoms with van der Waals surface area (Å²) >= 11 is 0. The highest BCUT2D eigenvalue weighted by atomic mass is 19.1. The van der Waals surface area contributed by atoms with Gasteiger partial charge in [-0.3, -0.25) is 4.90 Å². The highest BCUT2D eigenvalue weighted by Gasteiger charge is 2.22. The molecule has 3 nitrogen and oxygen atoms in total. The first-order valence-corrected chi connectivity index (χ1v) is 7.48. The molecular formula is C16H25FN2O. The number of aryl methyl sites for hydroxylation is 1. The largest absolute Gasteiger partial charge is 0.395 e. The fourth-order valence-corrected chi connectivity index (χ4v) is 2.87. The lowest BCUT2D eigenvalue weighted by Crippen LogP contribution is -2.42. The molecular weight excluding hydrogens is 255 g/mol. The summed E-state index contributed by atoms with van der Waals surface area (Å²) in [5.41, 5.74) is 7.66. The third-order valence-electron chi connectivity index (χ3n) is 4.31. The number of likely N-dealkylation sites (tertiary alicyclic amines) is 1. The molecule has 0 radical (unpaired) electrons. The van der Waals surface area contributed by atoms with Crippen LogP contribution in [-0.4, -0.2) is 35.7 Å². The van der Waals surface area contributed by atoms with Crippen LogP contribution in [-0.2, 0) is 0 Å². The van der Waals surface area contributed by atoms with Gasteiger partial charge in [-0.05, 0) is 49.9 Å². The number of aliphatic hydroxyl groups excluding tert-OH is 1. The van der Waals surface area contributed by atoms with Crippen LogP contribution in [0.5, 0.6) is 0 Å². The number of aliphatic hydroxyl groups is 1. The number of rotatable bonds is 5. The molecule has 1 fully saturated rings. The third kappa shape index (κ3) is 3.78. The Morgan fingerprint density at radius 2 is 2.25 bits per heavy atom. The van der Waals surface area contributed by atoms with Gasteiger partial charge in [-0.15, -0.1) is 0 Å². The van der Waals surface area contributed by atoms with Gasteiger partial charge in [0.2, 0.25) is 0 Å². The van der Waals surface area contributed by atoms with Crippen molar-refractivity contribution < 1.29 is 9.50 Å². The zero-order valence-electron chi connectivity index (χ0n) is 12.2. The number of nitrogens with zero attached hydrogens (tertiary/aromatic N) is 1. The Bertz CT molecular complexity index is 438. The SMILES string of the molecule is Cc1ccc(C(N)CCN2CCCCC2CO)cc1F. The van der Waals surface area contributed by atoms with Crippen LogP contribution >= 0.6 is 0 Å². The summed E-state index contributed by atoms with van der Waals surface area (Å²) in [5.74, 6) is -0.191. The maximum absolute atomic E-state index is 13.6. The number of nitrogens with two attached hydrogens (primary N) is 1. The minimum atomic E-state index is -0.191. The van der Waals surface area contributed by atoms with Crippen LogP contribution in [0.1, 0.15) is 42.9 Å². The Morgan fingerprint density at radius 3 is 2.95 bits per heavy atom. The lowest BCUT2D eigenvalue weighted by Gasteiger charge is -2.35. The van der Waals surface area contributed by atoms with Crippen molar-refractivity contribution in [2.24, 2.45) is 5.73 Å². The molecule has 0 bridgehead atoms.